The number of hydrogen-bond acceptors (Lipinski definition) is 6. The van der Waals surface area contributed by atoms with Gasteiger partial charge in [0.2, 0.25) is 0 Å². The normalized spacial score (nSPS) is 22.0. The van der Waals surface area contributed by atoms with Crippen LogP contribution in [0.25, 0.3) is 0 Å². The Morgan fingerprint density at radius 2 is 1.68 bits per heavy atom. The molecule has 31 heavy (non-hydrogen) atoms. The zero-order valence-electron chi connectivity index (χ0n) is 18.2. The quantitative estimate of drug-likeness (QED) is 0.727. The number of dihydropyridines is 1. The monoisotopic (exact) mass is 423 g/mol. The second-order valence-electron chi connectivity index (χ2n) is 8.54. The zero-order chi connectivity index (χ0) is 22.0. The molecule has 1 aromatic rings. The van der Waals surface area contributed by atoms with Gasteiger partial charge in [-0.15, -0.1) is 0 Å². The van der Waals surface area contributed by atoms with E-state index in [1.165, 1.54) is 13.5 Å². The fourth-order valence-electron chi connectivity index (χ4n) is 4.91. The van der Waals surface area contributed by atoms with Gasteiger partial charge in [-0.1, -0.05) is 18.6 Å². The highest BCUT2D eigenvalue weighted by atomic mass is 16.5. The number of Topliss-reactive ketones (excluding diaryl/α,β-unsaturated/α-hetero) is 1. The maximum Gasteiger partial charge on any atom is 0.337 e. The molecule has 6 nitrogen and oxygen atoms in total. The summed E-state index contributed by atoms with van der Waals surface area (Å²) in [6.45, 7) is 1.87. The summed E-state index contributed by atoms with van der Waals surface area (Å²) in [4.78, 5) is 38.1. The van der Waals surface area contributed by atoms with Gasteiger partial charge in [0, 0.05) is 29.3 Å². The standard InChI is InChI=1S/C25H29NO5/c1-15-21(25(29)31-18-7-4-3-5-8-18)22(23-19(26-15)9-6-10-20(23)27)16-11-13-17(14-12-16)24(28)30-2/h11-14,18,22,26H,3-10H2,1-2H3. The molecule has 0 radical (unpaired) electrons. The molecule has 1 aliphatic heterocycles. The number of carbonyl (C=O) groups excluding carboxylic acids is 3. The zero-order valence-corrected chi connectivity index (χ0v) is 18.2. The summed E-state index contributed by atoms with van der Waals surface area (Å²) in [5.74, 6) is -1.21. The first-order chi connectivity index (χ1) is 15.0. The van der Waals surface area contributed by atoms with Crippen LogP contribution in [0.4, 0.5) is 0 Å². The van der Waals surface area contributed by atoms with Crippen molar-refractivity contribution in [3.8, 4) is 0 Å². The van der Waals surface area contributed by atoms with Crippen molar-refractivity contribution in [2.75, 3.05) is 7.11 Å². The lowest BCUT2D eigenvalue weighted by Crippen LogP contribution is -2.35. The molecule has 164 valence electrons. The van der Waals surface area contributed by atoms with E-state index in [1.54, 1.807) is 24.3 Å². The van der Waals surface area contributed by atoms with Crippen LogP contribution in [-0.2, 0) is 19.1 Å². The Balaban J connectivity index is 1.72. The predicted molar refractivity (Wildman–Crippen MR) is 115 cm³/mol. The van der Waals surface area contributed by atoms with Crippen LogP contribution < -0.4 is 5.32 Å². The Morgan fingerprint density at radius 3 is 2.35 bits per heavy atom. The van der Waals surface area contributed by atoms with Gasteiger partial charge in [0.25, 0.3) is 0 Å². The van der Waals surface area contributed by atoms with Gasteiger partial charge >= 0.3 is 11.9 Å². The Bertz CT molecular complexity index is 951. The largest absolute Gasteiger partial charge is 0.465 e. The van der Waals surface area contributed by atoms with Gasteiger partial charge in [0.15, 0.2) is 5.78 Å². The number of esters is 2. The Kier molecular flexibility index (Phi) is 6.25. The molecule has 0 saturated heterocycles. The number of nitrogens with one attached hydrogen (secondary N) is 1. The van der Waals surface area contributed by atoms with Gasteiger partial charge in [-0.05, 0) is 63.1 Å². The highest BCUT2D eigenvalue weighted by Gasteiger charge is 2.39. The average Bonchev–Trinajstić information content (AvgIpc) is 2.78. The molecule has 0 bridgehead atoms. The molecular formula is C25H29NO5. The van der Waals surface area contributed by atoms with Crippen LogP contribution in [0.2, 0.25) is 0 Å². The molecule has 3 aliphatic rings. The molecule has 1 unspecified atom stereocenters. The minimum absolute atomic E-state index is 0.0614. The summed E-state index contributed by atoms with van der Waals surface area (Å²) in [5.41, 5.74) is 3.99. The first-order valence-corrected chi connectivity index (χ1v) is 11.1. The molecule has 4 rings (SSSR count). The van der Waals surface area contributed by atoms with Crippen LogP contribution in [0.5, 0.6) is 0 Å². The van der Waals surface area contributed by atoms with Gasteiger partial charge < -0.3 is 14.8 Å². The second-order valence-corrected chi connectivity index (χ2v) is 8.54. The van der Waals surface area contributed by atoms with Crippen LogP contribution in [0.3, 0.4) is 0 Å². The van der Waals surface area contributed by atoms with E-state index in [0.717, 1.165) is 55.5 Å². The number of hydrogen-bond donors (Lipinski definition) is 1. The van der Waals surface area contributed by atoms with E-state index in [9.17, 15) is 14.4 Å². The van der Waals surface area contributed by atoms with Crippen molar-refractivity contribution >= 4 is 17.7 Å². The van der Waals surface area contributed by atoms with Gasteiger partial charge in [-0.25, -0.2) is 9.59 Å². The number of benzene rings is 1. The molecule has 1 saturated carbocycles. The highest BCUT2D eigenvalue weighted by molar-refractivity contribution is 6.03. The maximum atomic E-state index is 13.3. The SMILES string of the molecule is COC(=O)c1ccc(C2C(C(=O)OC3CCCCC3)=C(C)NC3=C2C(=O)CCC3)cc1. The molecule has 0 spiro atoms. The van der Waals surface area contributed by atoms with Crippen LogP contribution >= 0.6 is 0 Å². The topological polar surface area (TPSA) is 81.7 Å². The van der Waals surface area contributed by atoms with Crippen LogP contribution in [0.15, 0.2) is 46.8 Å². The molecular weight excluding hydrogens is 394 g/mol. The van der Waals surface area contributed by atoms with Gasteiger partial charge in [-0.2, -0.15) is 0 Å². The van der Waals surface area contributed by atoms with Crippen molar-refractivity contribution < 1.29 is 23.9 Å². The van der Waals surface area contributed by atoms with Crippen LogP contribution in [0.1, 0.15) is 80.1 Å². The summed E-state index contributed by atoms with van der Waals surface area (Å²) < 4.78 is 10.7. The third-order valence-electron chi connectivity index (χ3n) is 6.49. The lowest BCUT2D eigenvalue weighted by molar-refractivity contribution is -0.146. The Morgan fingerprint density at radius 1 is 0.968 bits per heavy atom. The van der Waals surface area contributed by atoms with Crippen molar-refractivity contribution in [2.45, 2.75) is 70.3 Å². The van der Waals surface area contributed by atoms with E-state index in [2.05, 4.69) is 5.32 Å². The maximum absolute atomic E-state index is 13.3. The Labute approximate surface area is 182 Å². The molecule has 1 heterocycles. The third kappa shape index (κ3) is 4.29. The Hall–Kier alpha value is -2.89. The minimum Gasteiger partial charge on any atom is -0.465 e. The van der Waals surface area contributed by atoms with Crippen molar-refractivity contribution in [1.29, 1.82) is 0 Å². The first-order valence-electron chi connectivity index (χ1n) is 11.1. The fourth-order valence-corrected chi connectivity index (χ4v) is 4.91. The summed E-state index contributed by atoms with van der Waals surface area (Å²) in [5, 5.41) is 3.32. The molecule has 0 aromatic heterocycles. The van der Waals surface area contributed by atoms with E-state index in [0.29, 0.717) is 23.1 Å². The molecule has 0 amide bonds. The van der Waals surface area contributed by atoms with Crippen molar-refractivity contribution in [2.24, 2.45) is 0 Å². The van der Waals surface area contributed by atoms with E-state index < -0.39 is 11.9 Å². The molecule has 1 fully saturated rings. The average molecular weight is 424 g/mol. The van der Waals surface area contributed by atoms with E-state index in [1.807, 2.05) is 6.92 Å². The third-order valence-corrected chi connectivity index (χ3v) is 6.49. The lowest BCUT2D eigenvalue weighted by Gasteiger charge is -2.35. The lowest BCUT2D eigenvalue weighted by atomic mass is 9.75. The van der Waals surface area contributed by atoms with Gasteiger partial charge in [-0.3, -0.25) is 4.79 Å². The summed E-state index contributed by atoms with van der Waals surface area (Å²) in [7, 11) is 1.34. The smallest absolute Gasteiger partial charge is 0.337 e. The predicted octanol–water partition coefficient (Wildman–Crippen LogP) is 4.32. The number of allylic oxidation sites excluding steroid dienone is 3. The number of rotatable bonds is 4. The van der Waals surface area contributed by atoms with Gasteiger partial charge in [0.1, 0.15) is 6.10 Å². The first kappa shape index (κ1) is 21.3. The number of methoxy groups -OCH3 is 1. The minimum atomic E-state index is -0.494. The highest BCUT2D eigenvalue weighted by Crippen LogP contribution is 2.43. The van der Waals surface area contributed by atoms with Crippen LogP contribution in [-0.4, -0.2) is 30.9 Å². The molecule has 2 aliphatic carbocycles. The van der Waals surface area contributed by atoms with Crippen molar-refractivity contribution in [1.82, 2.24) is 5.32 Å². The van der Waals surface area contributed by atoms with Crippen molar-refractivity contribution in [3.05, 3.63) is 57.9 Å². The van der Waals surface area contributed by atoms with Crippen molar-refractivity contribution in [3.63, 3.8) is 0 Å². The number of ketones is 1. The molecule has 6 heteroatoms. The molecule has 1 aromatic carbocycles. The van der Waals surface area contributed by atoms with Crippen LogP contribution in [0, 0.1) is 0 Å². The van der Waals surface area contributed by atoms with E-state index in [4.69, 9.17) is 9.47 Å². The number of ether oxygens (including phenoxy) is 2. The summed E-state index contributed by atoms with van der Waals surface area (Å²) in [6, 6.07) is 6.96. The molecule has 1 atom stereocenters. The fraction of sp³-hybridized carbons (Fsp3) is 0.480. The van der Waals surface area contributed by atoms with E-state index in [-0.39, 0.29) is 17.9 Å². The summed E-state index contributed by atoms with van der Waals surface area (Å²) >= 11 is 0. The van der Waals surface area contributed by atoms with E-state index >= 15 is 0 Å². The second kappa shape index (κ2) is 9.08. The van der Waals surface area contributed by atoms with Gasteiger partial charge in [0.05, 0.1) is 18.2 Å². The molecule has 1 N–H and O–H groups in total. The number of carbonyl (C=O) groups is 3. The summed E-state index contributed by atoms with van der Waals surface area (Å²) in [6.07, 6.45) is 7.07.